The Labute approximate surface area is 254 Å². The van der Waals surface area contributed by atoms with Gasteiger partial charge in [0.2, 0.25) is 24.6 Å². The molecule has 1 aromatic heterocycles. The number of alkyl halides is 1. The second-order valence-electron chi connectivity index (χ2n) is 10.9. The summed E-state index contributed by atoms with van der Waals surface area (Å²) in [5.41, 5.74) is 0. The summed E-state index contributed by atoms with van der Waals surface area (Å²) in [4.78, 5) is 51.5. The summed E-state index contributed by atoms with van der Waals surface area (Å²) >= 11 is 0. The SMILES string of the molecule is CC1CC1.CF.COC.N#C[C@@H]1CC(C(=O)Nc2ncccc2O)CN1C=O.O=CNCC(=O)N1CC2CCCCC2C1. The van der Waals surface area contributed by atoms with E-state index in [2.05, 4.69) is 27.3 Å². The van der Waals surface area contributed by atoms with E-state index in [1.165, 1.54) is 55.7 Å². The predicted molar refractivity (Wildman–Crippen MR) is 159 cm³/mol. The fourth-order valence-electron chi connectivity index (χ4n) is 5.02. The zero-order valence-corrected chi connectivity index (χ0v) is 25.7. The fraction of sp³-hybridized carbons (Fsp3) is 0.667. The second kappa shape index (κ2) is 21.0. The normalized spacial score (nSPS) is 23.0. The van der Waals surface area contributed by atoms with Gasteiger partial charge in [0.25, 0.3) is 0 Å². The number of ether oxygens (including phenoxy) is 1. The topological polar surface area (TPSA) is 165 Å². The van der Waals surface area contributed by atoms with E-state index in [1.54, 1.807) is 20.3 Å². The Morgan fingerprint density at radius 3 is 2.16 bits per heavy atom. The maximum absolute atomic E-state index is 12.0. The van der Waals surface area contributed by atoms with Crippen molar-refractivity contribution in [1.29, 1.82) is 5.26 Å². The van der Waals surface area contributed by atoms with Crippen molar-refractivity contribution in [2.75, 3.05) is 52.9 Å². The third kappa shape index (κ3) is 13.4. The van der Waals surface area contributed by atoms with Gasteiger partial charge in [0.1, 0.15) is 6.04 Å². The molecule has 3 unspecified atom stereocenters. The number of rotatable bonds is 6. The molecule has 4 atom stereocenters. The lowest BCUT2D eigenvalue weighted by molar-refractivity contribution is -0.130. The van der Waals surface area contributed by atoms with Crippen LogP contribution in [-0.2, 0) is 23.9 Å². The lowest BCUT2D eigenvalue weighted by atomic mass is 9.82. The number of aromatic hydroxyl groups is 1. The molecule has 0 aromatic carbocycles. The lowest BCUT2D eigenvalue weighted by Crippen LogP contribution is -2.36. The Morgan fingerprint density at radius 2 is 1.72 bits per heavy atom. The van der Waals surface area contributed by atoms with Crippen LogP contribution in [0.3, 0.4) is 0 Å². The molecule has 0 bridgehead atoms. The van der Waals surface area contributed by atoms with Crippen molar-refractivity contribution in [3.63, 3.8) is 0 Å². The third-order valence-corrected chi connectivity index (χ3v) is 7.55. The Hall–Kier alpha value is -3.79. The summed E-state index contributed by atoms with van der Waals surface area (Å²) in [6.07, 6.45) is 11.0. The number of nitriles is 1. The minimum Gasteiger partial charge on any atom is -0.504 e. The molecule has 4 fully saturated rings. The third-order valence-electron chi connectivity index (χ3n) is 7.55. The highest BCUT2D eigenvalue weighted by Crippen LogP contribution is 2.35. The van der Waals surface area contributed by atoms with Crippen LogP contribution in [0.5, 0.6) is 5.75 Å². The van der Waals surface area contributed by atoms with E-state index in [4.69, 9.17) is 5.26 Å². The van der Waals surface area contributed by atoms with Gasteiger partial charge in [0, 0.05) is 40.1 Å². The van der Waals surface area contributed by atoms with Crippen LogP contribution in [0, 0.1) is 35.0 Å². The molecule has 3 N–H and O–H groups in total. The molecule has 43 heavy (non-hydrogen) atoms. The van der Waals surface area contributed by atoms with E-state index in [0.29, 0.717) is 20.0 Å². The van der Waals surface area contributed by atoms with Crippen molar-refractivity contribution in [3.8, 4) is 11.8 Å². The number of fused-ring (bicyclic) bond motifs is 1. The molecule has 3 heterocycles. The highest BCUT2D eigenvalue weighted by Gasteiger charge is 2.37. The molecule has 0 spiro atoms. The second-order valence-corrected chi connectivity index (χ2v) is 10.9. The van der Waals surface area contributed by atoms with Crippen molar-refractivity contribution < 1.29 is 33.4 Å². The number of carbonyl (C=O) groups is 4. The number of hydrogen-bond acceptors (Lipinski definition) is 8. The zero-order valence-electron chi connectivity index (χ0n) is 25.7. The smallest absolute Gasteiger partial charge is 0.241 e. The van der Waals surface area contributed by atoms with E-state index in [0.717, 1.165) is 30.8 Å². The van der Waals surface area contributed by atoms with Crippen molar-refractivity contribution >= 4 is 30.5 Å². The Balaban J connectivity index is 0.000000340. The van der Waals surface area contributed by atoms with Gasteiger partial charge in [-0.3, -0.25) is 23.6 Å². The Kier molecular flexibility index (Phi) is 18.2. The average molecular weight is 607 g/mol. The van der Waals surface area contributed by atoms with Crippen LogP contribution in [0.4, 0.5) is 10.2 Å². The van der Waals surface area contributed by atoms with Gasteiger partial charge >= 0.3 is 0 Å². The number of hydrogen-bond donors (Lipinski definition) is 3. The Bertz CT molecular complexity index is 1020. The molecule has 0 radical (unpaired) electrons. The van der Waals surface area contributed by atoms with Crippen molar-refractivity contribution in [2.24, 2.45) is 23.7 Å². The van der Waals surface area contributed by atoms with Crippen LogP contribution in [0.25, 0.3) is 0 Å². The van der Waals surface area contributed by atoms with Crippen molar-refractivity contribution in [3.05, 3.63) is 18.3 Å². The number of likely N-dealkylation sites (tertiary alicyclic amines) is 2. The molecule has 240 valence electrons. The summed E-state index contributed by atoms with van der Waals surface area (Å²) in [5, 5.41) is 23.3. The minimum atomic E-state index is -0.578. The number of amides is 4. The van der Waals surface area contributed by atoms with Crippen LogP contribution >= 0.6 is 0 Å². The van der Waals surface area contributed by atoms with E-state index >= 15 is 0 Å². The fourth-order valence-corrected chi connectivity index (χ4v) is 5.02. The first kappa shape index (κ1) is 37.2. The summed E-state index contributed by atoms with van der Waals surface area (Å²) in [6, 6.07) is 4.35. The molecule has 2 saturated heterocycles. The van der Waals surface area contributed by atoms with E-state index in [1.807, 2.05) is 11.0 Å². The quantitative estimate of drug-likeness (QED) is 0.416. The van der Waals surface area contributed by atoms with Gasteiger partial charge in [0.05, 0.1) is 25.7 Å². The van der Waals surface area contributed by atoms with Crippen molar-refractivity contribution in [2.45, 2.75) is 57.9 Å². The number of carbonyl (C=O) groups excluding carboxylic acids is 4. The molecule has 12 nitrogen and oxygen atoms in total. The number of nitrogens with one attached hydrogen (secondary N) is 2. The first-order valence-electron chi connectivity index (χ1n) is 14.6. The maximum Gasteiger partial charge on any atom is 0.241 e. The van der Waals surface area contributed by atoms with Crippen LogP contribution in [0.2, 0.25) is 0 Å². The Morgan fingerprint density at radius 1 is 1.14 bits per heavy atom. The number of pyridine rings is 1. The molecule has 2 aliphatic carbocycles. The maximum atomic E-state index is 12.0. The van der Waals surface area contributed by atoms with Gasteiger partial charge in [-0.2, -0.15) is 5.26 Å². The number of anilines is 1. The van der Waals surface area contributed by atoms with Gasteiger partial charge < -0.3 is 30.3 Å². The largest absolute Gasteiger partial charge is 0.504 e. The van der Waals surface area contributed by atoms with E-state index in [-0.39, 0.29) is 42.9 Å². The van der Waals surface area contributed by atoms with Crippen LogP contribution < -0.4 is 10.6 Å². The predicted octanol–water partition coefficient (Wildman–Crippen LogP) is 2.74. The minimum absolute atomic E-state index is 0.0662. The summed E-state index contributed by atoms with van der Waals surface area (Å²) in [7, 11) is 3.75. The highest BCUT2D eigenvalue weighted by atomic mass is 19.1. The molecule has 1 aromatic rings. The highest BCUT2D eigenvalue weighted by molar-refractivity contribution is 5.93. The summed E-state index contributed by atoms with van der Waals surface area (Å²) in [5.74, 6) is 1.70. The monoisotopic (exact) mass is 606 g/mol. The van der Waals surface area contributed by atoms with E-state index < -0.39 is 12.0 Å². The van der Waals surface area contributed by atoms with Gasteiger partial charge in [-0.25, -0.2) is 4.98 Å². The van der Waals surface area contributed by atoms with E-state index in [9.17, 15) is 28.7 Å². The van der Waals surface area contributed by atoms with Gasteiger partial charge in [-0.05, 0) is 49.1 Å². The van der Waals surface area contributed by atoms with Crippen molar-refractivity contribution in [1.82, 2.24) is 20.1 Å². The molecule has 4 amide bonds. The van der Waals surface area contributed by atoms with Crippen LogP contribution in [-0.4, -0.2) is 98.1 Å². The molecule has 13 heteroatoms. The standard InChI is InChI=1S/C12H12N4O3.C11H18N2O2.C4H8.C2H6O.CH3F/c13-5-9-4-8(6-16(9)7-17)12(19)15-11-10(18)2-1-3-14-11;14-8-12-5-11(15)13-6-9-3-1-2-4-10(9)7-13;1-4-2-3-4;1-3-2;1-2/h1-3,7-9,18H,4,6H2,(H,14,15,19);8-10H,1-7H2,(H,12,14);4H,2-3H2,1H3;1-2H3;1H3/t8?,9-;;;;/m0..../s1. The van der Waals surface area contributed by atoms with Gasteiger partial charge in [-0.15, -0.1) is 0 Å². The van der Waals surface area contributed by atoms with Gasteiger partial charge in [-0.1, -0.05) is 32.6 Å². The zero-order chi connectivity index (χ0) is 32.2. The number of methoxy groups -OCH3 is 1. The van der Waals surface area contributed by atoms with Crippen LogP contribution in [0.15, 0.2) is 18.3 Å². The molecular weight excluding hydrogens is 559 g/mol. The number of halogens is 1. The number of nitrogens with zero attached hydrogens (tertiary/aromatic N) is 4. The first-order valence-corrected chi connectivity index (χ1v) is 14.6. The average Bonchev–Trinajstić information content (AvgIpc) is 3.51. The summed E-state index contributed by atoms with van der Waals surface area (Å²) < 4.78 is 13.8. The molecule has 2 saturated carbocycles. The molecular formula is C30H47FN6O6. The van der Waals surface area contributed by atoms with Crippen LogP contribution in [0.1, 0.15) is 51.9 Å². The van der Waals surface area contributed by atoms with Gasteiger partial charge in [0.15, 0.2) is 11.6 Å². The molecule has 2 aliphatic heterocycles. The lowest BCUT2D eigenvalue weighted by Gasteiger charge is -2.22. The summed E-state index contributed by atoms with van der Waals surface area (Å²) in [6.45, 7) is 4.44. The first-order chi connectivity index (χ1) is 20.8. The molecule has 5 rings (SSSR count). The molecule has 4 aliphatic rings. The number of aromatic nitrogens is 1.